The Hall–Kier alpha value is -6.44. The molecule has 11 aromatic rings. The Morgan fingerprint density at radius 2 is 0.817 bits per heavy atom. The quantitative estimate of drug-likeness (QED) is 0.157. The lowest BCUT2D eigenvalue weighted by Gasteiger charge is -2.45. The van der Waals surface area contributed by atoms with Gasteiger partial charge in [-0.05, 0) is 119 Å². The van der Waals surface area contributed by atoms with Crippen LogP contribution in [0.4, 0.5) is 17.1 Å². The lowest BCUT2D eigenvalue weighted by atomic mass is 10.1. The number of rotatable bonds is 5. The largest absolute Gasteiger partial charge is 0.309 e. The summed E-state index contributed by atoms with van der Waals surface area (Å²) in [6.07, 6.45) is 0. The van der Waals surface area contributed by atoms with Gasteiger partial charge in [-0.1, -0.05) is 146 Å². The molecule has 3 nitrogen and oxygen atoms in total. The molecule has 0 amide bonds. The molecular weight excluding hydrogens is 879 g/mol. The molecule has 60 heavy (non-hydrogen) atoms. The number of para-hydroxylation sites is 5. The fourth-order valence-corrected chi connectivity index (χ4v) is 16.5. The number of hydrogen-bond acceptors (Lipinski definition) is 1. The fourth-order valence-electron chi connectivity index (χ4n) is 10.1. The van der Waals surface area contributed by atoms with Crippen LogP contribution in [-0.4, -0.2) is 17.2 Å². The van der Waals surface area contributed by atoms with Gasteiger partial charge in [0.1, 0.15) is 0 Å². The Kier molecular flexibility index (Phi) is 8.17. The van der Waals surface area contributed by atoms with Crippen molar-refractivity contribution < 1.29 is 0 Å². The summed E-state index contributed by atoms with van der Waals surface area (Å²) >= 11 is 8.26. The van der Waals surface area contributed by atoms with Crippen molar-refractivity contribution in [2.24, 2.45) is 0 Å². The monoisotopic (exact) mass is 911 g/mol. The topological polar surface area (TPSA) is 13.1 Å². The van der Waals surface area contributed by atoms with E-state index in [1.165, 1.54) is 75.7 Å². The highest BCUT2D eigenvalue weighted by molar-refractivity contribution is 9.11. The molecular formula is C54H35Br2N3Si. The molecule has 1 aliphatic heterocycles. The van der Waals surface area contributed by atoms with Gasteiger partial charge in [-0.15, -0.1) is 0 Å². The van der Waals surface area contributed by atoms with Crippen LogP contribution in [0.2, 0.25) is 0 Å². The van der Waals surface area contributed by atoms with E-state index in [1.807, 2.05) is 0 Å². The number of hydrogen-bond donors (Lipinski definition) is 0. The van der Waals surface area contributed by atoms with Gasteiger partial charge in [-0.3, -0.25) is 0 Å². The van der Waals surface area contributed by atoms with E-state index < -0.39 is 8.07 Å². The zero-order valence-corrected chi connectivity index (χ0v) is 36.5. The summed E-state index contributed by atoms with van der Waals surface area (Å²) in [5.41, 5.74) is 10.5. The second-order valence-corrected chi connectivity index (χ2v) is 21.0. The Balaban J connectivity index is 1.05. The maximum absolute atomic E-state index is 4.16. The third-order valence-corrected chi connectivity index (χ3v) is 18.6. The van der Waals surface area contributed by atoms with Crippen LogP contribution in [0.25, 0.3) is 55.0 Å². The predicted molar refractivity (Wildman–Crippen MR) is 262 cm³/mol. The minimum Gasteiger partial charge on any atom is -0.309 e. The average Bonchev–Trinajstić information content (AvgIpc) is 3.82. The van der Waals surface area contributed by atoms with Crippen molar-refractivity contribution in [1.29, 1.82) is 0 Å². The van der Waals surface area contributed by atoms with E-state index in [-0.39, 0.29) is 0 Å². The van der Waals surface area contributed by atoms with Crippen LogP contribution in [0.1, 0.15) is 0 Å². The number of nitrogens with zero attached hydrogens (tertiary/aromatic N) is 3. The van der Waals surface area contributed by atoms with Gasteiger partial charge in [0.25, 0.3) is 0 Å². The van der Waals surface area contributed by atoms with Crippen molar-refractivity contribution >= 4 is 121 Å². The Morgan fingerprint density at radius 3 is 1.43 bits per heavy atom. The molecule has 0 bridgehead atoms. The summed E-state index contributed by atoms with van der Waals surface area (Å²) in [7, 11) is -2.76. The first-order valence-corrected chi connectivity index (χ1v) is 23.8. The molecule has 9 aromatic carbocycles. The zero-order chi connectivity index (χ0) is 40.0. The lowest BCUT2D eigenvalue weighted by molar-refractivity contribution is 1.16. The van der Waals surface area contributed by atoms with Crippen molar-refractivity contribution in [3.05, 3.63) is 221 Å². The smallest absolute Gasteiger partial charge is 0.184 e. The summed E-state index contributed by atoms with van der Waals surface area (Å²) in [4.78, 5) is 2.46. The third-order valence-electron chi connectivity index (χ3n) is 12.5. The van der Waals surface area contributed by atoms with Crippen molar-refractivity contribution in [1.82, 2.24) is 9.13 Å². The molecule has 0 fully saturated rings. The number of halogens is 2. The van der Waals surface area contributed by atoms with Crippen LogP contribution in [0.15, 0.2) is 221 Å². The molecule has 3 heterocycles. The molecule has 284 valence electrons. The summed E-state index contributed by atoms with van der Waals surface area (Å²) in [6.45, 7) is 0. The molecule has 0 spiro atoms. The highest BCUT2D eigenvalue weighted by atomic mass is 79.9. The number of anilines is 3. The minimum atomic E-state index is -2.76. The van der Waals surface area contributed by atoms with Crippen molar-refractivity contribution in [3.8, 4) is 11.4 Å². The molecule has 12 rings (SSSR count). The van der Waals surface area contributed by atoms with E-state index >= 15 is 0 Å². The summed E-state index contributed by atoms with van der Waals surface area (Å²) in [5, 5.41) is 10.4. The highest BCUT2D eigenvalue weighted by Crippen LogP contribution is 2.46. The summed E-state index contributed by atoms with van der Waals surface area (Å²) < 4.78 is 6.89. The van der Waals surface area contributed by atoms with Crippen LogP contribution in [-0.2, 0) is 0 Å². The van der Waals surface area contributed by atoms with Crippen molar-refractivity contribution in [2.45, 2.75) is 0 Å². The Morgan fingerprint density at radius 1 is 0.333 bits per heavy atom. The molecule has 0 atom stereocenters. The lowest BCUT2D eigenvalue weighted by Crippen LogP contribution is -2.77. The first-order chi connectivity index (χ1) is 29.6. The van der Waals surface area contributed by atoms with Gasteiger partial charge < -0.3 is 14.0 Å². The van der Waals surface area contributed by atoms with Gasteiger partial charge in [0, 0.05) is 47.6 Å². The number of benzene rings is 9. The van der Waals surface area contributed by atoms with E-state index in [0.717, 1.165) is 26.0 Å². The maximum Gasteiger partial charge on any atom is 0.184 e. The normalized spacial score (nSPS) is 13.3. The first kappa shape index (κ1) is 35.5. The zero-order valence-electron chi connectivity index (χ0n) is 32.3. The van der Waals surface area contributed by atoms with Crippen molar-refractivity contribution in [2.75, 3.05) is 4.90 Å². The number of aromatic nitrogens is 2. The molecule has 6 heteroatoms. The van der Waals surface area contributed by atoms with Crippen LogP contribution < -0.4 is 25.6 Å². The Labute approximate surface area is 365 Å². The van der Waals surface area contributed by atoms with E-state index in [2.05, 4.69) is 258 Å². The molecule has 0 unspecified atom stereocenters. The van der Waals surface area contributed by atoms with Gasteiger partial charge in [0.2, 0.25) is 0 Å². The molecule has 0 saturated heterocycles. The second-order valence-electron chi connectivity index (χ2n) is 15.5. The molecule has 1 aliphatic rings. The first-order valence-electron chi connectivity index (χ1n) is 20.2. The molecule has 2 aromatic heterocycles. The van der Waals surface area contributed by atoms with Crippen molar-refractivity contribution in [3.63, 3.8) is 0 Å². The van der Waals surface area contributed by atoms with E-state index in [0.29, 0.717) is 0 Å². The maximum atomic E-state index is 4.16. The van der Waals surface area contributed by atoms with Gasteiger partial charge >= 0.3 is 0 Å². The minimum absolute atomic E-state index is 1.01. The van der Waals surface area contributed by atoms with Crippen LogP contribution in [0.5, 0.6) is 0 Å². The van der Waals surface area contributed by atoms with Gasteiger partial charge in [-0.25, -0.2) is 0 Å². The van der Waals surface area contributed by atoms with Gasteiger partial charge in [0.15, 0.2) is 8.07 Å². The standard InChI is InChI=1S/C54H35Br2N3Si/c55-44-23-15-29-53-54(44)59(51-27-13-14-28-52(51)60(53,38-16-3-1-4-17-38)39-18-5-2-6-19-39)50-33-31-37(35-45(50)56)58-48-26-12-9-22-42(48)43-34-36(30-32-49(43)58)57-46-24-10-7-20-40(46)41-21-8-11-25-47(41)57/h1-35H. The van der Waals surface area contributed by atoms with Crippen LogP contribution in [0, 0.1) is 0 Å². The van der Waals surface area contributed by atoms with Gasteiger partial charge in [-0.2, -0.15) is 0 Å². The fraction of sp³-hybridized carbons (Fsp3) is 0. The molecule has 0 saturated carbocycles. The average molecular weight is 914 g/mol. The predicted octanol–water partition coefficient (Wildman–Crippen LogP) is 12.6. The SMILES string of the molecule is Brc1cc(-n2c3ccccc3c3cc(-n4c5ccccc5c5ccccc54)ccc32)ccc1N1c2ccccc2[Si](c2ccccc2)(c2ccccc2)c2cccc(Br)c21. The number of fused-ring (bicyclic) bond motifs is 8. The van der Waals surface area contributed by atoms with E-state index in [4.69, 9.17) is 0 Å². The van der Waals surface area contributed by atoms with Crippen LogP contribution in [0.3, 0.4) is 0 Å². The van der Waals surface area contributed by atoms with E-state index in [1.54, 1.807) is 0 Å². The van der Waals surface area contributed by atoms with E-state index in [9.17, 15) is 0 Å². The summed E-state index contributed by atoms with van der Waals surface area (Å²) in [6, 6.07) is 78.1. The molecule has 0 N–H and O–H groups in total. The molecule has 0 aliphatic carbocycles. The van der Waals surface area contributed by atoms with Crippen LogP contribution >= 0.6 is 31.9 Å². The summed E-state index contributed by atoms with van der Waals surface area (Å²) in [5.74, 6) is 0. The molecule has 0 radical (unpaired) electrons. The third kappa shape index (κ3) is 5.05. The second kappa shape index (κ2) is 13.8. The highest BCUT2D eigenvalue weighted by Gasteiger charge is 2.49. The Bertz CT molecular complexity index is 3390. The van der Waals surface area contributed by atoms with Gasteiger partial charge in [0.05, 0.1) is 33.4 Å².